The number of hydrogen-bond acceptors (Lipinski definition) is 7. The average Bonchev–Trinajstić information content (AvgIpc) is 3.34. The van der Waals surface area contributed by atoms with Gasteiger partial charge in [-0.3, -0.25) is 10.1 Å². The summed E-state index contributed by atoms with van der Waals surface area (Å²) in [5, 5.41) is 14.3. The van der Waals surface area contributed by atoms with Gasteiger partial charge in [-0.2, -0.15) is 5.10 Å². The van der Waals surface area contributed by atoms with Crippen LogP contribution >= 0.6 is 0 Å². The van der Waals surface area contributed by atoms with Gasteiger partial charge in [0.05, 0.1) is 6.20 Å². The number of benzene rings is 1. The van der Waals surface area contributed by atoms with E-state index in [2.05, 4.69) is 25.7 Å². The molecule has 4 rings (SSSR count). The molecule has 0 aliphatic rings. The van der Waals surface area contributed by atoms with E-state index in [-0.39, 0.29) is 22.9 Å². The van der Waals surface area contributed by atoms with Crippen molar-refractivity contribution in [1.82, 2.24) is 29.6 Å². The minimum Gasteiger partial charge on any atom is -0.444 e. The van der Waals surface area contributed by atoms with Gasteiger partial charge in [0.1, 0.15) is 34.6 Å². The van der Waals surface area contributed by atoms with Crippen molar-refractivity contribution in [2.24, 2.45) is 0 Å². The van der Waals surface area contributed by atoms with Crippen LogP contribution in [-0.4, -0.2) is 47.1 Å². The first-order valence-electron chi connectivity index (χ1n) is 9.27. The summed E-state index contributed by atoms with van der Waals surface area (Å²) in [6.45, 7) is 5.22. The zero-order chi connectivity index (χ0) is 22.2. The summed E-state index contributed by atoms with van der Waals surface area (Å²) in [6.07, 6.45) is 1.85. The number of aromatic nitrogens is 6. The maximum Gasteiger partial charge on any atom is 0.413 e. The van der Waals surface area contributed by atoms with E-state index in [1.165, 1.54) is 39.9 Å². The number of anilines is 1. The predicted molar refractivity (Wildman–Crippen MR) is 108 cm³/mol. The van der Waals surface area contributed by atoms with Crippen LogP contribution in [0.3, 0.4) is 0 Å². The van der Waals surface area contributed by atoms with Gasteiger partial charge in [-0.15, -0.1) is 5.10 Å². The Morgan fingerprint density at radius 3 is 2.65 bits per heavy atom. The maximum absolute atomic E-state index is 14.0. The molecule has 3 aromatic heterocycles. The van der Waals surface area contributed by atoms with Crippen LogP contribution in [0.1, 0.15) is 37.0 Å². The smallest absolute Gasteiger partial charge is 0.413 e. The third-order valence-corrected chi connectivity index (χ3v) is 4.13. The second-order valence-electron chi connectivity index (χ2n) is 7.58. The molecule has 0 unspecified atom stereocenters. The fourth-order valence-electron chi connectivity index (χ4n) is 2.86. The van der Waals surface area contributed by atoms with E-state index in [1.807, 2.05) is 0 Å². The van der Waals surface area contributed by atoms with Crippen molar-refractivity contribution in [3.8, 4) is 5.69 Å². The molecule has 0 fully saturated rings. The van der Waals surface area contributed by atoms with Gasteiger partial charge in [0.25, 0.3) is 0 Å². The first kappa shape index (κ1) is 20.1. The Bertz CT molecular complexity index is 1290. The van der Waals surface area contributed by atoms with Crippen molar-refractivity contribution in [2.45, 2.75) is 26.4 Å². The van der Waals surface area contributed by atoms with Crippen LogP contribution < -0.4 is 5.32 Å². The largest absolute Gasteiger partial charge is 0.444 e. The lowest BCUT2D eigenvalue weighted by molar-refractivity contribution is 0.0635. The predicted octanol–water partition coefficient (Wildman–Crippen LogP) is 3.03. The highest BCUT2D eigenvalue weighted by atomic mass is 19.1. The molecule has 11 heteroatoms. The van der Waals surface area contributed by atoms with Crippen LogP contribution in [0, 0.1) is 5.82 Å². The van der Waals surface area contributed by atoms with Gasteiger partial charge in [0.15, 0.2) is 11.5 Å². The van der Waals surface area contributed by atoms with Crippen molar-refractivity contribution in [3.63, 3.8) is 0 Å². The van der Waals surface area contributed by atoms with Gasteiger partial charge >= 0.3 is 6.09 Å². The summed E-state index contributed by atoms with van der Waals surface area (Å²) in [4.78, 5) is 29.1. The van der Waals surface area contributed by atoms with Crippen LogP contribution in [0.2, 0.25) is 0 Å². The number of rotatable bonds is 4. The molecule has 0 spiro atoms. The Labute approximate surface area is 175 Å². The lowest BCUT2D eigenvalue weighted by Gasteiger charge is -2.19. The van der Waals surface area contributed by atoms with Gasteiger partial charge in [-0.25, -0.2) is 23.4 Å². The highest BCUT2D eigenvalue weighted by Crippen LogP contribution is 2.20. The van der Waals surface area contributed by atoms with Crippen molar-refractivity contribution >= 4 is 23.2 Å². The van der Waals surface area contributed by atoms with Gasteiger partial charge in [0.2, 0.25) is 5.78 Å². The summed E-state index contributed by atoms with van der Waals surface area (Å²) in [7, 11) is 0. The molecule has 1 N–H and O–H groups in total. The normalized spacial score (nSPS) is 11.5. The maximum atomic E-state index is 14.0. The number of amides is 1. The molecule has 3 heterocycles. The molecule has 1 aromatic carbocycles. The summed E-state index contributed by atoms with van der Waals surface area (Å²) in [5.41, 5.74) is 0.0489. The van der Waals surface area contributed by atoms with Crippen LogP contribution in [0.5, 0.6) is 0 Å². The van der Waals surface area contributed by atoms with Gasteiger partial charge in [0, 0.05) is 0 Å². The Kier molecular flexibility index (Phi) is 4.93. The molecule has 1 amide bonds. The van der Waals surface area contributed by atoms with Crippen LogP contribution in [0.25, 0.3) is 11.2 Å². The second kappa shape index (κ2) is 7.59. The summed E-state index contributed by atoms with van der Waals surface area (Å²) in [5.74, 6) is -0.798. The van der Waals surface area contributed by atoms with Gasteiger partial charge in [-0.05, 0) is 45.0 Å². The molecular weight excluding hydrogens is 405 g/mol. The highest BCUT2D eigenvalue weighted by molar-refractivity contribution is 6.07. The fourth-order valence-corrected chi connectivity index (χ4v) is 2.86. The van der Waals surface area contributed by atoms with E-state index in [1.54, 1.807) is 39.0 Å². The molecule has 31 heavy (non-hydrogen) atoms. The Morgan fingerprint density at radius 1 is 1.13 bits per heavy atom. The monoisotopic (exact) mass is 423 g/mol. The number of halogens is 1. The minimum absolute atomic E-state index is 0.00326. The average molecular weight is 423 g/mol. The number of fused-ring (bicyclic) bond motifs is 1. The topological polar surface area (TPSA) is 116 Å². The summed E-state index contributed by atoms with van der Waals surface area (Å²) < 4.78 is 21.7. The van der Waals surface area contributed by atoms with Gasteiger partial charge in [-0.1, -0.05) is 17.3 Å². The van der Waals surface area contributed by atoms with Crippen molar-refractivity contribution in [1.29, 1.82) is 0 Å². The van der Waals surface area contributed by atoms with E-state index >= 15 is 0 Å². The number of nitrogens with zero attached hydrogens (tertiary/aromatic N) is 6. The quantitative estimate of drug-likeness (QED) is 0.502. The standard InChI is InChI=1S/C20H18FN7O3/c1-20(2,3)31-19(30)24-18-16-9-8-15(28(16)23-11-22-18)17(29)13-10-27(26-25-13)14-7-5-4-6-12(14)21/h4-11H,1-3H3,(H,22,23,24,30). The van der Waals surface area contributed by atoms with Crippen molar-refractivity contribution in [2.75, 3.05) is 5.32 Å². The minimum atomic E-state index is -0.685. The first-order valence-corrected chi connectivity index (χ1v) is 9.27. The van der Waals surface area contributed by atoms with Gasteiger partial charge < -0.3 is 4.74 Å². The molecule has 158 valence electrons. The van der Waals surface area contributed by atoms with Crippen LogP contribution in [0.15, 0.2) is 48.9 Å². The van der Waals surface area contributed by atoms with E-state index in [4.69, 9.17) is 4.74 Å². The number of ether oxygens (including phenoxy) is 1. The summed E-state index contributed by atoms with van der Waals surface area (Å²) >= 11 is 0. The highest BCUT2D eigenvalue weighted by Gasteiger charge is 2.22. The number of carbonyl (C=O) groups is 2. The van der Waals surface area contributed by atoms with E-state index in [9.17, 15) is 14.0 Å². The number of nitrogens with one attached hydrogen (secondary N) is 1. The lowest BCUT2D eigenvalue weighted by atomic mass is 10.2. The van der Waals surface area contributed by atoms with E-state index < -0.39 is 23.3 Å². The SMILES string of the molecule is CC(C)(C)OC(=O)Nc1ncnn2c(C(=O)c3cn(-c4ccccc4F)nn3)ccc12. The molecule has 10 nitrogen and oxygen atoms in total. The zero-order valence-electron chi connectivity index (χ0n) is 16.9. The summed E-state index contributed by atoms with van der Waals surface area (Å²) in [6, 6.07) is 9.12. The Balaban J connectivity index is 1.63. The third kappa shape index (κ3) is 4.10. The third-order valence-electron chi connectivity index (χ3n) is 4.13. The Hall–Kier alpha value is -4.15. The zero-order valence-corrected chi connectivity index (χ0v) is 16.9. The number of ketones is 1. The molecule has 0 aliphatic heterocycles. The molecule has 0 saturated heterocycles. The number of para-hydroxylation sites is 1. The van der Waals surface area contributed by atoms with Crippen LogP contribution in [0.4, 0.5) is 15.0 Å². The molecule has 4 aromatic rings. The fraction of sp³-hybridized carbons (Fsp3) is 0.200. The van der Waals surface area contributed by atoms with E-state index in [0.717, 1.165) is 0 Å². The van der Waals surface area contributed by atoms with E-state index in [0.29, 0.717) is 5.52 Å². The molecule has 0 atom stereocenters. The first-order chi connectivity index (χ1) is 14.7. The molecule has 0 bridgehead atoms. The lowest BCUT2D eigenvalue weighted by Crippen LogP contribution is -2.27. The second-order valence-corrected chi connectivity index (χ2v) is 7.58. The number of hydrogen-bond donors (Lipinski definition) is 1. The number of carbonyl (C=O) groups excluding carboxylic acids is 2. The Morgan fingerprint density at radius 2 is 1.90 bits per heavy atom. The van der Waals surface area contributed by atoms with Crippen molar-refractivity contribution < 1.29 is 18.7 Å². The molecule has 0 saturated carbocycles. The van der Waals surface area contributed by atoms with Crippen LogP contribution in [-0.2, 0) is 4.74 Å². The molecule has 0 aliphatic carbocycles. The molecular formula is C20H18FN7O3. The molecule has 0 radical (unpaired) electrons. The van der Waals surface area contributed by atoms with Crippen molar-refractivity contribution in [3.05, 3.63) is 66.1 Å².